The average molecular weight is 341 g/mol. The summed E-state index contributed by atoms with van der Waals surface area (Å²) in [6.45, 7) is 4.47. The van der Waals surface area contributed by atoms with Crippen LogP contribution < -0.4 is 5.32 Å². The van der Waals surface area contributed by atoms with E-state index in [0.29, 0.717) is 18.2 Å². The summed E-state index contributed by atoms with van der Waals surface area (Å²) in [5.74, 6) is 1.28. The minimum atomic E-state index is -0.0555. The third-order valence-electron chi connectivity index (χ3n) is 5.32. The molecule has 2 aliphatic heterocycles. The molecule has 2 amide bonds. The zero-order chi connectivity index (χ0) is 17.3. The zero-order valence-electron chi connectivity index (χ0n) is 14.4. The largest absolute Gasteiger partial charge is 0.444 e. The molecule has 1 spiro atoms. The van der Waals surface area contributed by atoms with E-state index in [2.05, 4.69) is 22.4 Å². The summed E-state index contributed by atoms with van der Waals surface area (Å²) in [5, 5.41) is 2.96. The van der Waals surface area contributed by atoms with Gasteiger partial charge in [0.15, 0.2) is 5.89 Å². The summed E-state index contributed by atoms with van der Waals surface area (Å²) in [6.07, 6.45) is 3.65. The molecule has 1 atom stereocenters. The fourth-order valence-corrected chi connectivity index (χ4v) is 4.05. The second-order valence-corrected chi connectivity index (χ2v) is 6.92. The highest BCUT2D eigenvalue weighted by molar-refractivity contribution is 5.76. The topological polar surface area (TPSA) is 67.6 Å². The van der Waals surface area contributed by atoms with Crippen LogP contribution >= 0.6 is 0 Å². The van der Waals surface area contributed by atoms with E-state index in [-0.39, 0.29) is 17.5 Å². The number of nitrogens with one attached hydrogen (secondary N) is 1. The number of hydrogen-bond acceptors (Lipinski definition) is 4. The summed E-state index contributed by atoms with van der Waals surface area (Å²) in [4.78, 5) is 18.7. The maximum absolute atomic E-state index is 12.7. The number of oxazole rings is 1. The second-order valence-electron chi connectivity index (χ2n) is 6.92. The first-order valence-electron chi connectivity index (χ1n) is 8.76. The summed E-state index contributed by atoms with van der Waals surface area (Å²) in [7, 11) is 0. The number of aryl methyl sites for hydroxylation is 1. The van der Waals surface area contributed by atoms with Gasteiger partial charge in [-0.15, -0.1) is 0 Å². The van der Waals surface area contributed by atoms with Crippen molar-refractivity contribution < 1.29 is 13.9 Å². The molecule has 1 aromatic heterocycles. The predicted molar refractivity (Wildman–Crippen MR) is 91.9 cm³/mol. The zero-order valence-corrected chi connectivity index (χ0v) is 14.4. The number of carbonyl (C=O) groups excluding carboxylic acids is 1. The molecule has 6 nitrogen and oxygen atoms in total. The number of carbonyl (C=O) groups is 1. The van der Waals surface area contributed by atoms with E-state index in [4.69, 9.17) is 9.15 Å². The molecule has 1 aromatic carbocycles. The van der Waals surface area contributed by atoms with E-state index in [1.165, 1.54) is 5.56 Å². The highest BCUT2D eigenvalue weighted by atomic mass is 16.5. The fraction of sp³-hybridized carbons (Fsp3) is 0.474. The van der Waals surface area contributed by atoms with Gasteiger partial charge in [-0.3, -0.25) is 0 Å². The minimum absolute atomic E-state index is 0.0555. The molecule has 6 heteroatoms. The highest BCUT2D eigenvalue weighted by Gasteiger charge is 2.55. The summed E-state index contributed by atoms with van der Waals surface area (Å²) in [5.41, 5.74) is 1.33. The molecule has 1 unspecified atom stereocenters. The number of benzene rings is 1. The Morgan fingerprint density at radius 3 is 2.76 bits per heavy atom. The van der Waals surface area contributed by atoms with Crippen molar-refractivity contribution in [1.29, 1.82) is 0 Å². The van der Waals surface area contributed by atoms with Gasteiger partial charge in [-0.2, -0.15) is 0 Å². The molecule has 0 saturated carbocycles. The maximum Gasteiger partial charge on any atom is 0.318 e. The molecule has 4 rings (SSSR count). The van der Waals surface area contributed by atoms with Crippen LogP contribution in [0.1, 0.15) is 36.1 Å². The van der Waals surface area contributed by atoms with Crippen LogP contribution in [0.25, 0.3) is 0 Å². The average Bonchev–Trinajstić information content (AvgIpc) is 3.05. The Morgan fingerprint density at radius 2 is 2.08 bits per heavy atom. The minimum Gasteiger partial charge on any atom is -0.444 e. The molecule has 2 saturated heterocycles. The van der Waals surface area contributed by atoms with Gasteiger partial charge in [0.2, 0.25) is 0 Å². The number of nitrogens with zero attached hydrogens (tertiary/aromatic N) is 2. The van der Waals surface area contributed by atoms with Crippen LogP contribution in [-0.4, -0.2) is 35.7 Å². The molecule has 0 radical (unpaired) electrons. The van der Waals surface area contributed by atoms with Gasteiger partial charge in [0, 0.05) is 32.1 Å². The van der Waals surface area contributed by atoms with Gasteiger partial charge in [0.1, 0.15) is 5.76 Å². The van der Waals surface area contributed by atoms with Crippen molar-refractivity contribution in [3.8, 4) is 0 Å². The Labute approximate surface area is 147 Å². The van der Waals surface area contributed by atoms with Crippen LogP contribution in [0.15, 0.2) is 40.9 Å². The van der Waals surface area contributed by atoms with Crippen molar-refractivity contribution in [1.82, 2.24) is 15.2 Å². The smallest absolute Gasteiger partial charge is 0.318 e. The lowest BCUT2D eigenvalue weighted by atomic mass is 9.64. The molecule has 2 fully saturated rings. The van der Waals surface area contributed by atoms with Crippen molar-refractivity contribution in [3.05, 3.63) is 53.7 Å². The Morgan fingerprint density at radius 1 is 1.32 bits per heavy atom. The Hall–Kier alpha value is -2.34. The van der Waals surface area contributed by atoms with Crippen LogP contribution in [0.2, 0.25) is 0 Å². The maximum atomic E-state index is 12.7. The monoisotopic (exact) mass is 341 g/mol. The number of amides is 2. The van der Waals surface area contributed by atoms with Gasteiger partial charge in [-0.05, 0) is 18.4 Å². The van der Waals surface area contributed by atoms with E-state index >= 15 is 0 Å². The van der Waals surface area contributed by atoms with Gasteiger partial charge >= 0.3 is 6.03 Å². The number of urea groups is 1. The summed E-state index contributed by atoms with van der Waals surface area (Å²) < 4.78 is 11.0. The van der Waals surface area contributed by atoms with Crippen molar-refractivity contribution in [2.45, 2.75) is 32.4 Å². The van der Waals surface area contributed by atoms with Gasteiger partial charge in [0.05, 0.1) is 18.8 Å². The lowest BCUT2D eigenvalue weighted by Crippen LogP contribution is -2.64. The van der Waals surface area contributed by atoms with Crippen LogP contribution in [0.3, 0.4) is 0 Å². The molecular weight excluding hydrogens is 318 g/mol. The molecule has 25 heavy (non-hydrogen) atoms. The lowest BCUT2D eigenvalue weighted by Gasteiger charge is -2.59. The van der Waals surface area contributed by atoms with E-state index in [1.54, 1.807) is 13.1 Å². The molecule has 2 aromatic rings. The molecule has 2 aliphatic rings. The van der Waals surface area contributed by atoms with Crippen LogP contribution in [0.4, 0.5) is 4.79 Å². The third kappa shape index (κ3) is 3.02. The van der Waals surface area contributed by atoms with Gasteiger partial charge < -0.3 is 19.4 Å². The number of aromatic nitrogens is 1. The summed E-state index contributed by atoms with van der Waals surface area (Å²) >= 11 is 0. The normalized spacial score (nSPS) is 21.8. The second kappa shape index (κ2) is 6.52. The SMILES string of the molecule is Cc1ncc(CNC(=O)N2CC3(CCOCC3)C2c2ccccc2)o1. The molecule has 1 N–H and O–H groups in total. The first-order valence-corrected chi connectivity index (χ1v) is 8.76. The quantitative estimate of drug-likeness (QED) is 0.932. The number of rotatable bonds is 3. The van der Waals surface area contributed by atoms with Gasteiger partial charge in [-0.1, -0.05) is 30.3 Å². The molecule has 0 bridgehead atoms. The number of hydrogen-bond donors (Lipinski definition) is 1. The van der Waals surface area contributed by atoms with E-state index in [1.807, 2.05) is 23.1 Å². The van der Waals surface area contributed by atoms with Crippen molar-refractivity contribution in [3.63, 3.8) is 0 Å². The van der Waals surface area contributed by atoms with Crippen molar-refractivity contribution in [2.24, 2.45) is 5.41 Å². The highest BCUT2D eigenvalue weighted by Crippen LogP contribution is 2.54. The predicted octanol–water partition coefficient (Wildman–Crippen LogP) is 3.05. The third-order valence-corrected chi connectivity index (χ3v) is 5.32. The fourth-order valence-electron chi connectivity index (χ4n) is 4.05. The Kier molecular flexibility index (Phi) is 4.21. The molecule has 3 heterocycles. The van der Waals surface area contributed by atoms with Crippen LogP contribution in [0, 0.1) is 12.3 Å². The molecule has 132 valence electrons. The first-order chi connectivity index (χ1) is 12.2. The van der Waals surface area contributed by atoms with Crippen molar-refractivity contribution in [2.75, 3.05) is 19.8 Å². The number of likely N-dealkylation sites (tertiary alicyclic amines) is 1. The lowest BCUT2D eigenvalue weighted by molar-refractivity contribution is -0.111. The van der Waals surface area contributed by atoms with E-state index < -0.39 is 0 Å². The van der Waals surface area contributed by atoms with Crippen LogP contribution in [-0.2, 0) is 11.3 Å². The van der Waals surface area contributed by atoms with E-state index in [9.17, 15) is 4.79 Å². The van der Waals surface area contributed by atoms with E-state index in [0.717, 1.165) is 32.6 Å². The molecule has 0 aliphatic carbocycles. The first kappa shape index (κ1) is 16.1. The van der Waals surface area contributed by atoms with Gasteiger partial charge in [0.25, 0.3) is 0 Å². The Balaban J connectivity index is 1.49. The van der Waals surface area contributed by atoms with Gasteiger partial charge in [-0.25, -0.2) is 9.78 Å². The van der Waals surface area contributed by atoms with Crippen molar-refractivity contribution >= 4 is 6.03 Å². The summed E-state index contributed by atoms with van der Waals surface area (Å²) in [6, 6.07) is 10.4. The molecular formula is C19H23N3O3. The van der Waals surface area contributed by atoms with Crippen LogP contribution in [0.5, 0.6) is 0 Å². The standard InChI is InChI=1S/C19H23N3O3/c1-14-20-11-16(25-14)12-21-18(23)22-13-19(7-9-24-10-8-19)17(22)15-5-3-2-4-6-15/h2-6,11,17H,7-10,12-13H2,1H3,(H,21,23). The number of ether oxygens (including phenoxy) is 1. The Bertz CT molecular complexity index is 737.